The Morgan fingerprint density at radius 2 is 2.04 bits per heavy atom. The number of halogens is 1. The van der Waals surface area contributed by atoms with Gasteiger partial charge in [0.2, 0.25) is 11.8 Å². The second-order valence-electron chi connectivity index (χ2n) is 6.70. The average molecular weight is 355 g/mol. The largest absolute Gasteiger partial charge is 0.334 e. The molecule has 0 bridgehead atoms. The number of benzene rings is 2. The Bertz CT molecular complexity index is 863. The van der Waals surface area contributed by atoms with Gasteiger partial charge in [-0.05, 0) is 47.2 Å². The van der Waals surface area contributed by atoms with E-state index in [-0.39, 0.29) is 11.8 Å². The van der Waals surface area contributed by atoms with Crippen molar-refractivity contribution in [1.29, 1.82) is 0 Å². The number of rotatable bonds is 4. The standard InChI is InChI=1S/C20H19ClN2O2/c21-17-5-2-4-14-11-23(12-16(14)17)20(25)6-1-3-13-7-8-18-15(9-13)10-19(24)22-18/h2,4-5,7-9H,1,3,6,10-12H2,(H,22,24). The zero-order valence-corrected chi connectivity index (χ0v) is 14.6. The molecule has 2 aliphatic heterocycles. The van der Waals surface area contributed by atoms with Gasteiger partial charge in [0, 0.05) is 30.2 Å². The Labute approximate surface area is 151 Å². The summed E-state index contributed by atoms with van der Waals surface area (Å²) in [5.74, 6) is 0.222. The fraction of sp³-hybridized carbons (Fsp3) is 0.300. The summed E-state index contributed by atoms with van der Waals surface area (Å²) in [5.41, 5.74) is 5.37. The number of carbonyl (C=O) groups excluding carboxylic acids is 2. The Hall–Kier alpha value is -2.33. The number of amides is 2. The van der Waals surface area contributed by atoms with Crippen LogP contribution in [0, 0.1) is 0 Å². The monoisotopic (exact) mass is 354 g/mol. The molecule has 0 saturated heterocycles. The third-order valence-corrected chi connectivity index (χ3v) is 5.28. The van der Waals surface area contributed by atoms with Gasteiger partial charge in [-0.25, -0.2) is 0 Å². The summed E-state index contributed by atoms with van der Waals surface area (Å²) in [7, 11) is 0. The Balaban J connectivity index is 1.31. The summed E-state index contributed by atoms with van der Waals surface area (Å²) in [6.45, 7) is 1.27. The molecule has 25 heavy (non-hydrogen) atoms. The van der Waals surface area contributed by atoms with Crippen molar-refractivity contribution in [1.82, 2.24) is 4.90 Å². The molecule has 0 saturated carbocycles. The SMILES string of the molecule is O=C1Cc2cc(CCCC(=O)N3Cc4cccc(Cl)c4C3)ccc2N1. The zero-order valence-electron chi connectivity index (χ0n) is 13.8. The number of anilines is 1. The lowest BCUT2D eigenvalue weighted by atomic mass is 10.0. The molecule has 2 amide bonds. The third-order valence-electron chi connectivity index (χ3n) is 4.93. The molecule has 0 fully saturated rings. The summed E-state index contributed by atoms with van der Waals surface area (Å²) in [6, 6.07) is 11.9. The molecular weight excluding hydrogens is 336 g/mol. The van der Waals surface area contributed by atoms with Crippen molar-refractivity contribution in [2.24, 2.45) is 0 Å². The lowest BCUT2D eigenvalue weighted by Crippen LogP contribution is -2.25. The molecule has 4 nitrogen and oxygen atoms in total. The number of hydrogen-bond donors (Lipinski definition) is 1. The van der Waals surface area contributed by atoms with Gasteiger partial charge in [-0.1, -0.05) is 35.9 Å². The summed E-state index contributed by atoms with van der Waals surface area (Å²) >= 11 is 6.21. The minimum absolute atomic E-state index is 0.0505. The van der Waals surface area contributed by atoms with E-state index in [9.17, 15) is 9.59 Å². The molecule has 0 radical (unpaired) electrons. The number of nitrogens with one attached hydrogen (secondary N) is 1. The second-order valence-corrected chi connectivity index (χ2v) is 7.10. The van der Waals surface area contributed by atoms with Gasteiger partial charge in [0.25, 0.3) is 0 Å². The van der Waals surface area contributed by atoms with Crippen LogP contribution in [0.5, 0.6) is 0 Å². The Morgan fingerprint density at radius 1 is 1.16 bits per heavy atom. The molecule has 0 aromatic heterocycles. The molecule has 128 valence electrons. The highest BCUT2D eigenvalue weighted by Crippen LogP contribution is 2.29. The van der Waals surface area contributed by atoms with Crippen LogP contribution in [-0.4, -0.2) is 16.7 Å². The van der Waals surface area contributed by atoms with E-state index in [2.05, 4.69) is 11.4 Å². The first-order valence-electron chi connectivity index (χ1n) is 8.56. The van der Waals surface area contributed by atoms with Crippen LogP contribution < -0.4 is 5.32 Å². The second kappa shape index (κ2) is 6.52. The molecule has 2 heterocycles. The van der Waals surface area contributed by atoms with E-state index in [4.69, 9.17) is 11.6 Å². The third kappa shape index (κ3) is 3.27. The minimum Gasteiger partial charge on any atom is -0.334 e. The van der Waals surface area contributed by atoms with E-state index < -0.39 is 0 Å². The van der Waals surface area contributed by atoms with E-state index in [1.54, 1.807) is 0 Å². The van der Waals surface area contributed by atoms with Crippen molar-refractivity contribution < 1.29 is 9.59 Å². The van der Waals surface area contributed by atoms with Crippen LogP contribution in [0.3, 0.4) is 0 Å². The molecule has 4 rings (SSSR count). The van der Waals surface area contributed by atoms with Gasteiger partial charge >= 0.3 is 0 Å². The molecule has 1 N–H and O–H groups in total. The summed E-state index contributed by atoms with van der Waals surface area (Å²) < 4.78 is 0. The van der Waals surface area contributed by atoms with Crippen molar-refractivity contribution in [3.8, 4) is 0 Å². The maximum Gasteiger partial charge on any atom is 0.228 e. The fourth-order valence-electron chi connectivity index (χ4n) is 3.60. The molecular formula is C20H19ClN2O2. The van der Waals surface area contributed by atoms with Gasteiger partial charge in [-0.15, -0.1) is 0 Å². The van der Waals surface area contributed by atoms with Gasteiger partial charge in [0.1, 0.15) is 0 Å². The minimum atomic E-state index is 0.0505. The molecule has 0 spiro atoms. The Morgan fingerprint density at radius 3 is 2.88 bits per heavy atom. The topological polar surface area (TPSA) is 49.4 Å². The average Bonchev–Trinajstić information content (AvgIpc) is 3.17. The number of fused-ring (bicyclic) bond motifs is 2. The molecule has 2 aromatic rings. The highest BCUT2D eigenvalue weighted by atomic mass is 35.5. The van der Waals surface area contributed by atoms with Gasteiger partial charge in [-0.3, -0.25) is 9.59 Å². The smallest absolute Gasteiger partial charge is 0.228 e. The maximum absolute atomic E-state index is 12.5. The van der Waals surface area contributed by atoms with Gasteiger partial charge in [0.15, 0.2) is 0 Å². The number of hydrogen-bond acceptors (Lipinski definition) is 2. The van der Waals surface area contributed by atoms with Crippen molar-refractivity contribution >= 4 is 29.1 Å². The van der Waals surface area contributed by atoms with Crippen molar-refractivity contribution in [2.45, 2.75) is 38.8 Å². The predicted molar refractivity (Wildman–Crippen MR) is 97.4 cm³/mol. The molecule has 0 aliphatic carbocycles. The van der Waals surface area contributed by atoms with Crippen LogP contribution in [0.1, 0.15) is 35.1 Å². The van der Waals surface area contributed by atoms with E-state index >= 15 is 0 Å². The molecule has 2 aromatic carbocycles. The van der Waals surface area contributed by atoms with E-state index in [0.717, 1.165) is 40.2 Å². The van der Waals surface area contributed by atoms with E-state index in [1.807, 2.05) is 35.2 Å². The van der Waals surface area contributed by atoms with Crippen molar-refractivity contribution in [2.75, 3.05) is 5.32 Å². The lowest BCUT2D eigenvalue weighted by Gasteiger charge is -2.15. The summed E-state index contributed by atoms with van der Waals surface area (Å²) in [5, 5.41) is 3.58. The molecule has 2 aliphatic rings. The van der Waals surface area contributed by atoms with Gasteiger partial charge < -0.3 is 10.2 Å². The maximum atomic E-state index is 12.5. The highest BCUT2D eigenvalue weighted by Gasteiger charge is 2.24. The fourth-order valence-corrected chi connectivity index (χ4v) is 3.85. The molecule has 5 heteroatoms. The van der Waals surface area contributed by atoms with Crippen LogP contribution in [0.25, 0.3) is 0 Å². The number of carbonyl (C=O) groups is 2. The zero-order chi connectivity index (χ0) is 17.4. The van der Waals surface area contributed by atoms with Crippen molar-refractivity contribution in [3.63, 3.8) is 0 Å². The first-order valence-corrected chi connectivity index (χ1v) is 8.93. The summed E-state index contributed by atoms with van der Waals surface area (Å²) in [6.07, 6.45) is 2.63. The number of nitrogens with zero attached hydrogens (tertiary/aromatic N) is 1. The lowest BCUT2D eigenvalue weighted by molar-refractivity contribution is -0.131. The molecule has 0 unspecified atom stereocenters. The number of aryl methyl sites for hydroxylation is 1. The highest BCUT2D eigenvalue weighted by molar-refractivity contribution is 6.31. The van der Waals surface area contributed by atoms with Gasteiger partial charge in [0.05, 0.1) is 6.42 Å². The normalized spacial score (nSPS) is 15.1. The van der Waals surface area contributed by atoms with Crippen molar-refractivity contribution in [3.05, 3.63) is 63.7 Å². The van der Waals surface area contributed by atoms with E-state index in [1.165, 1.54) is 5.56 Å². The van der Waals surface area contributed by atoms with Crippen LogP contribution in [0.2, 0.25) is 5.02 Å². The van der Waals surface area contributed by atoms with E-state index in [0.29, 0.717) is 25.9 Å². The Kier molecular flexibility index (Phi) is 4.22. The van der Waals surface area contributed by atoms with Crippen LogP contribution in [0.15, 0.2) is 36.4 Å². The van der Waals surface area contributed by atoms with Crippen LogP contribution in [0.4, 0.5) is 5.69 Å². The molecule has 0 atom stereocenters. The van der Waals surface area contributed by atoms with Crippen LogP contribution in [-0.2, 0) is 35.5 Å². The quantitative estimate of drug-likeness (QED) is 0.910. The predicted octanol–water partition coefficient (Wildman–Crippen LogP) is 3.70. The van der Waals surface area contributed by atoms with Gasteiger partial charge in [-0.2, -0.15) is 0 Å². The first kappa shape index (κ1) is 16.2. The van der Waals surface area contributed by atoms with Crippen LogP contribution >= 0.6 is 11.6 Å². The summed E-state index contributed by atoms with van der Waals surface area (Å²) in [4.78, 5) is 25.8. The first-order chi connectivity index (χ1) is 12.1.